The van der Waals surface area contributed by atoms with Crippen LogP contribution in [0.2, 0.25) is 0 Å². The van der Waals surface area contributed by atoms with Crippen LogP contribution in [0.4, 0.5) is 5.69 Å². The number of carbonyl (C=O) groups excluding carboxylic acids is 1. The SMILES string of the molecule is CC.N/C(=N/O)c1ccc(NC(=O)c2cccc(Br)n2)cn1. The highest BCUT2D eigenvalue weighted by Gasteiger charge is 2.08. The largest absolute Gasteiger partial charge is 0.409 e. The Balaban J connectivity index is 0.00000116. The van der Waals surface area contributed by atoms with Gasteiger partial charge >= 0.3 is 0 Å². The van der Waals surface area contributed by atoms with Gasteiger partial charge in [-0.3, -0.25) is 9.78 Å². The van der Waals surface area contributed by atoms with E-state index in [0.29, 0.717) is 16.0 Å². The minimum atomic E-state index is -0.357. The summed E-state index contributed by atoms with van der Waals surface area (Å²) >= 11 is 3.20. The predicted octanol–water partition coefficient (Wildman–Crippen LogP) is 2.61. The monoisotopic (exact) mass is 365 g/mol. The number of pyridine rings is 2. The lowest BCUT2D eigenvalue weighted by Crippen LogP contribution is -2.16. The number of anilines is 1. The van der Waals surface area contributed by atoms with Gasteiger partial charge in [-0.15, -0.1) is 0 Å². The van der Waals surface area contributed by atoms with Crippen molar-refractivity contribution in [3.63, 3.8) is 0 Å². The van der Waals surface area contributed by atoms with Crippen molar-refractivity contribution in [3.05, 3.63) is 52.5 Å². The molecule has 4 N–H and O–H groups in total. The highest BCUT2D eigenvalue weighted by atomic mass is 79.9. The molecule has 22 heavy (non-hydrogen) atoms. The Hall–Kier alpha value is -2.48. The third-order valence-corrected chi connectivity index (χ3v) is 2.78. The summed E-state index contributed by atoms with van der Waals surface area (Å²) in [6.45, 7) is 4.00. The van der Waals surface area contributed by atoms with Gasteiger partial charge < -0.3 is 16.3 Å². The Morgan fingerprint density at radius 3 is 2.55 bits per heavy atom. The van der Waals surface area contributed by atoms with E-state index in [4.69, 9.17) is 10.9 Å². The zero-order chi connectivity index (χ0) is 16.5. The topological polar surface area (TPSA) is 113 Å². The van der Waals surface area contributed by atoms with Crippen molar-refractivity contribution >= 4 is 33.4 Å². The van der Waals surface area contributed by atoms with Gasteiger partial charge in [-0.2, -0.15) is 0 Å². The fourth-order valence-electron chi connectivity index (χ4n) is 1.40. The maximum absolute atomic E-state index is 11.9. The quantitative estimate of drug-likeness (QED) is 0.254. The average molecular weight is 366 g/mol. The lowest BCUT2D eigenvalue weighted by molar-refractivity contribution is 0.102. The first-order valence-corrected chi connectivity index (χ1v) is 7.27. The molecule has 0 spiro atoms. The summed E-state index contributed by atoms with van der Waals surface area (Å²) in [5.41, 5.74) is 6.46. The van der Waals surface area contributed by atoms with Gasteiger partial charge in [0.1, 0.15) is 16.0 Å². The van der Waals surface area contributed by atoms with Crippen molar-refractivity contribution in [1.82, 2.24) is 9.97 Å². The Labute approximate surface area is 136 Å². The van der Waals surface area contributed by atoms with Gasteiger partial charge in [0.2, 0.25) is 0 Å². The number of hydrogen-bond acceptors (Lipinski definition) is 5. The van der Waals surface area contributed by atoms with E-state index in [1.807, 2.05) is 13.8 Å². The van der Waals surface area contributed by atoms with Gasteiger partial charge in [-0.05, 0) is 40.2 Å². The molecule has 2 aromatic heterocycles. The molecule has 0 bridgehead atoms. The minimum absolute atomic E-state index is 0.100. The van der Waals surface area contributed by atoms with Gasteiger partial charge in [-0.25, -0.2) is 4.98 Å². The fraction of sp³-hybridized carbons (Fsp3) is 0.143. The highest BCUT2D eigenvalue weighted by Crippen LogP contribution is 2.10. The zero-order valence-corrected chi connectivity index (χ0v) is 13.7. The maximum atomic E-state index is 11.9. The summed E-state index contributed by atoms with van der Waals surface area (Å²) in [5, 5.41) is 14.0. The summed E-state index contributed by atoms with van der Waals surface area (Å²) in [5.74, 6) is -0.457. The van der Waals surface area contributed by atoms with Crippen molar-refractivity contribution in [2.45, 2.75) is 13.8 Å². The van der Waals surface area contributed by atoms with E-state index in [1.165, 1.54) is 12.3 Å². The van der Waals surface area contributed by atoms with Crippen LogP contribution in [-0.2, 0) is 0 Å². The molecule has 0 aliphatic rings. The van der Waals surface area contributed by atoms with Crippen LogP contribution in [0.1, 0.15) is 30.0 Å². The first kappa shape index (κ1) is 17.6. The molecular formula is C14H16BrN5O2. The Kier molecular flexibility index (Phi) is 6.97. The molecule has 1 amide bonds. The summed E-state index contributed by atoms with van der Waals surface area (Å²) in [4.78, 5) is 19.9. The standard InChI is InChI=1S/C12H10BrN5O2.C2H6/c13-10-3-1-2-9(17-10)12(19)16-7-4-5-8(15-6-7)11(14)18-20;1-2/h1-6,20H,(H2,14,18)(H,16,19);1-2H3. The molecule has 0 atom stereocenters. The molecule has 2 rings (SSSR count). The minimum Gasteiger partial charge on any atom is -0.409 e. The Morgan fingerprint density at radius 1 is 1.27 bits per heavy atom. The van der Waals surface area contributed by atoms with Crippen LogP contribution in [0.25, 0.3) is 0 Å². The van der Waals surface area contributed by atoms with E-state index < -0.39 is 0 Å². The summed E-state index contributed by atoms with van der Waals surface area (Å²) in [7, 11) is 0. The lowest BCUT2D eigenvalue weighted by Gasteiger charge is -2.05. The van der Waals surface area contributed by atoms with E-state index in [1.54, 1.807) is 24.3 Å². The zero-order valence-electron chi connectivity index (χ0n) is 12.1. The summed E-state index contributed by atoms with van der Waals surface area (Å²) in [6.07, 6.45) is 1.41. The van der Waals surface area contributed by atoms with E-state index in [2.05, 4.69) is 36.4 Å². The molecule has 0 aliphatic carbocycles. The number of oxime groups is 1. The van der Waals surface area contributed by atoms with Crippen LogP contribution in [-0.4, -0.2) is 26.9 Å². The van der Waals surface area contributed by atoms with Crippen molar-refractivity contribution in [3.8, 4) is 0 Å². The smallest absolute Gasteiger partial charge is 0.274 e. The first-order chi connectivity index (χ1) is 10.6. The van der Waals surface area contributed by atoms with Gasteiger partial charge in [-0.1, -0.05) is 25.1 Å². The molecular weight excluding hydrogens is 350 g/mol. The van der Waals surface area contributed by atoms with E-state index in [9.17, 15) is 4.79 Å². The fourth-order valence-corrected chi connectivity index (χ4v) is 1.74. The van der Waals surface area contributed by atoms with Crippen molar-refractivity contribution in [1.29, 1.82) is 0 Å². The van der Waals surface area contributed by atoms with E-state index in [0.717, 1.165) is 0 Å². The molecule has 0 fully saturated rings. The number of nitrogens with zero attached hydrogens (tertiary/aromatic N) is 3. The van der Waals surface area contributed by atoms with Crippen LogP contribution < -0.4 is 11.1 Å². The molecule has 2 heterocycles. The van der Waals surface area contributed by atoms with E-state index in [-0.39, 0.29) is 17.4 Å². The molecule has 116 valence electrons. The van der Waals surface area contributed by atoms with Crippen LogP contribution in [0.5, 0.6) is 0 Å². The number of hydrogen-bond donors (Lipinski definition) is 3. The summed E-state index contributed by atoms with van der Waals surface area (Å²) in [6, 6.07) is 8.16. The molecule has 0 unspecified atom stereocenters. The molecule has 7 nitrogen and oxygen atoms in total. The Bertz CT molecular complexity index is 659. The number of nitrogens with two attached hydrogens (primary N) is 1. The highest BCUT2D eigenvalue weighted by molar-refractivity contribution is 9.10. The first-order valence-electron chi connectivity index (χ1n) is 6.48. The molecule has 0 saturated carbocycles. The summed E-state index contributed by atoms with van der Waals surface area (Å²) < 4.78 is 0.575. The second kappa shape index (κ2) is 8.73. The van der Waals surface area contributed by atoms with Gasteiger partial charge in [0.05, 0.1) is 11.9 Å². The normalized spacial score (nSPS) is 10.4. The van der Waals surface area contributed by atoms with Gasteiger partial charge in [0, 0.05) is 0 Å². The number of rotatable bonds is 3. The van der Waals surface area contributed by atoms with Gasteiger partial charge in [0.25, 0.3) is 5.91 Å². The number of amidine groups is 1. The third kappa shape index (κ3) is 4.81. The van der Waals surface area contributed by atoms with Crippen LogP contribution in [0, 0.1) is 0 Å². The second-order valence-corrected chi connectivity index (χ2v) is 4.53. The van der Waals surface area contributed by atoms with Crippen molar-refractivity contribution in [2.75, 3.05) is 5.32 Å². The van der Waals surface area contributed by atoms with E-state index >= 15 is 0 Å². The molecule has 0 aromatic carbocycles. The molecule has 8 heteroatoms. The second-order valence-electron chi connectivity index (χ2n) is 3.72. The van der Waals surface area contributed by atoms with Crippen LogP contribution in [0.3, 0.4) is 0 Å². The van der Waals surface area contributed by atoms with Crippen molar-refractivity contribution in [2.24, 2.45) is 10.9 Å². The average Bonchev–Trinajstić information content (AvgIpc) is 2.56. The predicted molar refractivity (Wildman–Crippen MR) is 88.0 cm³/mol. The third-order valence-electron chi connectivity index (χ3n) is 2.34. The van der Waals surface area contributed by atoms with Crippen LogP contribution in [0.15, 0.2) is 46.3 Å². The number of carbonyl (C=O) groups is 1. The molecule has 0 radical (unpaired) electrons. The maximum Gasteiger partial charge on any atom is 0.274 e. The van der Waals surface area contributed by atoms with Crippen LogP contribution >= 0.6 is 15.9 Å². The Morgan fingerprint density at radius 2 is 2.00 bits per heavy atom. The van der Waals surface area contributed by atoms with Crippen molar-refractivity contribution < 1.29 is 10.0 Å². The lowest BCUT2D eigenvalue weighted by atomic mass is 10.3. The number of halogens is 1. The number of amides is 1. The van der Waals surface area contributed by atoms with Gasteiger partial charge in [0.15, 0.2) is 5.84 Å². The molecule has 2 aromatic rings. The molecule has 0 saturated heterocycles. The number of nitrogens with one attached hydrogen (secondary N) is 1. The molecule has 0 aliphatic heterocycles. The number of aromatic nitrogens is 2.